The number of nitrogens with one attached hydrogen (secondary N) is 2. The fourth-order valence-corrected chi connectivity index (χ4v) is 3.68. The van der Waals surface area contributed by atoms with Crippen LogP contribution in [0.2, 0.25) is 0 Å². The lowest BCUT2D eigenvalue weighted by Gasteiger charge is -2.33. The van der Waals surface area contributed by atoms with Gasteiger partial charge >= 0.3 is 6.03 Å². The lowest BCUT2D eigenvalue weighted by molar-refractivity contribution is -0.134. The fourth-order valence-electron chi connectivity index (χ4n) is 3.68. The Labute approximate surface area is 180 Å². The maximum absolute atomic E-state index is 13.3. The summed E-state index contributed by atoms with van der Waals surface area (Å²) < 4.78 is 0. The lowest BCUT2D eigenvalue weighted by Crippen LogP contribution is -2.53. The third kappa shape index (κ3) is 6.75. The summed E-state index contributed by atoms with van der Waals surface area (Å²) in [6.45, 7) is 7.59. The molecule has 1 aliphatic heterocycles. The number of likely N-dealkylation sites (tertiary alicyclic amines) is 1. The number of urea groups is 1. The van der Waals surface area contributed by atoms with Crippen LogP contribution in [-0.2, 0) is 9.59 Å². The van der Waals surface area contributed by atoms with E-state index < -0.39 is 18.1 Å². The molecule has 0 saturated carbocycles. The zero-order chi connectivity index (χ0) is 22.3. The van der Waals surface area contributed by atoms with Crippen LogP contribution in [0.15, 0.2) is 30.3 Å². The van der Waals surface area contributed by atoms with Gasteiger partial charge in [0, 0.05) is 27.2 Å². The molecule has 7 nitrogen and oxygen atoms in total. The SMILES string of the molecule is CC(C)CC(NC(=O)NC(C(=O)N1CCC(C)CC1)c1ccccc1)C(=O)N(C)C. The summed E-state index contributed by atoms with van der Waals surface area (Å²) in [5, 5.41) is 5.61. The minimum atomic E-state index is -0.784. The third-order valence-corrected chi connectivity index (χ3v) is 5.50. The predicted molar refractivity (Wildman–Crippen MR) is 118 cm³/mol. The van der Waals surface area contributed by atoms with Crippen LogP contribution in [0.1, 0.15) is 51.6 Å². The molecule has 1 fully saturated rings. The smallest absolute Gasteiger partial charge is 0.316 e. The van der Waals surface area contributed by atoms with E-state index in [0.29, 0.717) is 25.4 Å². The summed E-state index contributed by atoms with van der Waals surface area (Å²) in [7, 11) is 3.34. The molecule has 2 N–H and O–H groups in total. The van der Waals surface area contributed by atoms with Crippen LogP contribution < -0.4 is 10.6 Å². The van der Waals surface area contributed by atoms with E-state index in [1.807, 2.05) is 49.1 Å². The van der Waals surface area contributed by atoms with E-state index in [2.05, 4.69) is 17.6 Å². The summed E-state index contributed by atoms with van der Waals surface area (Å²) >= 11 is 0. The molecule has 0 spiro atoms. The van der Waals surface area contributed by atoms with Gasteiger partial charge in [0.05, 0.1) is 0 Å². The number of hydrogen-bond acceptors (Lipinski definition) is 3. The number of carbonyl (C=O) groups excluding carboxylic acids is 3. The minimum absolute atomic E-state index is 0.109. The summed E-state index contributed by atoms with van der Waals surface area (Å²) in [5.41, 5.74) is 0.732. The van der Waals surface area contributed by atoms with E-state index in [1.54, 1.807) is 14.1 Å². The van der Waals surface area contributed by atoms with Crippen molar-refractivity contribution in [1.82, 2.24) is 20.4 Å². The van der Waals surface area contributed by atoms with Gasteiger partial charge in [-0.2, -0.15) is 0 Å². The van der Waals surface area contributed by atoms with E-state index in [-0.39, 0.29) is 17.7 Å². The number of nitrogens with zero attached hydrogens (tertiary/aromatic N) is 2. The van der Waals surface area contributed by atoms with E-state index in [9.17, 15) is 14.4 Å². The molecule has 1 aliphatic rings. The standard InChI is InChI=1S/C23H36N4O3/c1-16(2)15-19(21(28)26(4)5)24-23(30)25-20(18-9-7-6-8-10-18)22(29)27-13-11-17(3)12-14-27/h6-10,16-17,19-20H,11-15H2,1-5H3,(H2,24,25,30). The molecule has 0 radical (unpaired) electrons. The molecule has 0 bridgehead atoms. The number of piperidine rings is 1. The second-order valence-electron chi connectivity index (χ2n) is 8.88. The van der Waals surface area contributed by atoms with Gasteiger partial charge in [-0.1, -0.05) is 51.1 Å². The van der Waals surface area contributed by atoms with Gasteiger partial charge in [-0.3, -0.25) is 9.59 Å². The number of carbonyl (C=O) groups is 3. The van der Waals surface area contributed by atoms with Crippen molar-refractivity contribution in [3.8, 4) is 0 Å². The molecule has 0 aromatic heterocycles. The molecule has 2 unspecified atom stereocenters. The average molecular weight is 417 g/mol. The summed E-state index contributed by atoms with van der Waals surface area (Å²) in [4.78, 5) is 41.9. The van der Waals surface area contributed by atoms with Crippen LogP contribution in [-0.4, -0.2) is 60.9 Å². The molecule has 1 saturated heterocycles. The number of benzene rings is 1. The summed E-state index contributed by atoms with van der Waals surface area (Å²) in [6, 6.07) is 7.33. The molecule has 2 rings (SSSR count). The number of rotatable bonds is 7. The normalized spacial score (nSPS) is 16.7. The second kappa shape index (κ2) is 11.0. The van der Waals surface area contributed by atoms with Crippen molar-refractivity contribution in [2.75, 3.05) is 27.2 Å². The number of hydrogen-bond donors (Lipinski definition) is 2. The van der Waals surface area contributed by atoms with Crippen LogP contribution in [0.25, 0.3) is 0 Å². The highest BCUT2D eigenvalue weighted by Crippen LogP contribution is 2.21. The molecule has 2 atom stereocenters. The molecular weight excluding hydrogens is 380 g/mol. The van der Waals surface area contributed by atoms with Gasteiger partial charge in [-0.15, -0.1) is 0 Å². The zero-order valence-corrected chi connectivity index (χ0v) is 18.9. The Morgan fingerprint density at radius 1 is 1.07 bits per heavy atom. The highest BCUT2D eigenvalue weighted by atomic mass is 16.2. The van der Waals surface area contributed by atoms with Gasteiger partial charge in [-0.05, 0) is 36.7 Å². The Morgan fingerprint density at radius 3 is 2.20 bits per heavy atom. The molecule has 7 heteroatoms. The van der Waals surface area contributed by atoms with Crippen LogP contribution in [0, 0.1) is 11.8 Å². The first-order valence-corrected chi connectivity index (χ1v) is 10.8. The van der Waals surface area contributed by atoms with Crippen molar-refractivity contribution >= 4 is 17.8 Å². The molecule has 0 aliphatic carbocycles. The Kier molecular flexibility index (Phi) is 8.69. The first-order chi connectivity index (χ1) is 14.2. The first kappa shape index (κ1) is 23.7. The van der Waals surface area contributed by atoms with Crippen molar-refractivity contribution in [3.63, 3.8) is 0 Å². The molecule has 1 aromatic carbocycles. The van der Waals surface area contributed by atoms with Crippen molar-refractivity contribution in [2.45, 2.75) is 52.1 Å². The highest BCUT2D eigenvalue weighted by Gasteiger charge is 2.31. The van der Waals surface area contributed by atoms with Crippen molar-refractivity contribution in [3.05, 3.63) is 35.9 Å². The maximum Gasteiger partial charge on any atom is 0.316 e. The van der Waals surface area contributed by atoms with Crippen LogP contribution >= 0.6 is 0 Å². The first-order valence-electron chi connectivity index (χ1n) is 10.8. The van der Waals surface area contributed by atoms with Gasteiger partial charge in [0.2, 0.25) is 11.8 Å². The van der Waals surface area contributed by atoms with E-state index >= 15 is 0 Å². The second-order valence-corrected chi connectivity index (χ2v) is 8.88. The van der Waals surface area contributed by atoms with Gasteiger partial charge < -0.3 is 20.4 Å². The van der Waals surface area contributed by atoms with E-state index in [0.717, 1.165) is 18.4 Å². The number of likely N-dealkylation sites (N-methyl/N-ethyl adjacent to an activating group) is 1. The van der Waals surface area contributed by atoms with Crippen LogP contribution in [0.5, 0.6) is 0 Å². The van der Waals surface area contributed by atoms with Crippen molar-refractivity contribution < 1.29 is 14.4 Å². The third-order valence-electron chi connectivity index (χ3n) is 5.50. The Bertz CT molecular complexity index is 712. The number of amides is 4. The van der Waals surface area contributed by atoms with Gasteiger partial charge in [-0.25, -0.2) is 4.79 Å². The maximum atomic E-state index is 13.3. The van der Waals surface area contributed by atoms with Crippen molar-refractivity contribution in [2.24, 2.45) is 11.8 Å². The topological polar surface area (TPSA) is 81.8 Å². The highest BCUT2D eigenvalue weighted by molar-refractivity contribution is 5.91. The lowest BCUT2D eigenvalue weighted by atomic mass is 9.97. The summed E-state index contributed by atoms with van der Waals surface area (Å²) in [6.07, 6.45) is 2.46. The Balaban J connectivity index is 2.15. The quantitative estimate of drug-likeness (QED) is 0.717. The monoisotopic (exact) mass is 416 g/mol. The molecule has 4 amide bonds. The largest absolute Gasteiger partial charge is 0.347 e. The minimum Gasteiger partial charge on any atom is -0.347 e. The van der Waals surface area contributed by atoms with Gasteiger partial charge in [0.15, 0.2) is 0 Å². The summed E-state index contributed by atoms with van der Waals surface area (Å²) in [5.74, 6) is 0.574. The Morgan fingerprint density at radius 2 is 1.67 bits per heavy atom. The van der Waals surface area contributed by atoms with Gasteiger partial charge in [0.1, 0.15) is 12.1 Å². The Hall–Kier alpha value is -2.57. The van der Waals surface area contributed by atoms with E-state index in [4.69, 9.17) is 0 Å². The van der Waals surface area contributed by atoms with Crippen LogP contribution in [0.4, 0.5) is 4.79 Å². The fraction of sp³-hybridized carbons (Fsp3) is 0.609. The zero-order valence-electron chi connectivity index (χ0n) is 18.9. The van der Waals surface area contributed by atoms with Gasteiger partial charge in [0.25, 0.3) is 0 Å². The van der Waals surface area contributed by atoms with E-state index in [1.165, 1.54) is 4.90 Å². The molecule has 1 heterocycles. The average Bonchev–Trinajstić information content (AvgIpc) is 2.71. The molecular formula is C23H36N4O3. The predicted octanol–water partition coefficient (Wildman–Crippen LogP) is 2.79. The van der Waals surface area contributed by atoms with Crippen molar-refractivity contribution in [1.29, 1.82) is 0 Å². The molecule has 166 valence electrons. The molecule has 30 heavy (non-hydrogen) atoms. The van der Waals surface area contributed by atoms with Crippen LogP contribution in [0.3, 0.4) is 0 Å². The molecule has 1 aromatic rings.